The smallest absolute Gasteiger partial charge is 0.421 e. The number of benzene rings is 2. The zero-order chi connectivity index (χ0) is 63.8. The first kappa shape index (κ1) is 68.3. The van der Waals surface area contributed by atoms with Gasteiger partial charge in [-0.1, -0.05) is 20.8 Å². The van der Waals surface area contributed by atoms with Gasteiger partial charge in [0, 0.05) is 88.2 Å². The molecular formula is C62H75ClF8N4O12. The minimum atomic E-state index is -4.88. The quantitative estimate of drug-likeness (QED) is 0.0397. The van der Waals surface area contributed by atoms with Crippen molar-refractivity contribution in [2.24, 2.45) is 23.7 Å². The SMILES string of the molecule is CCC1(c2cnc(Oc3cc(C(=O)O)c(N(C(=O)C4CCC(C)CC4)C(COC)COC)cc3F)c(C(F)(F)F)c2)CC1.COCC(COC)N(C(=O)C1CCC(C)CC1)c1cc(F)c(Oc2ncc(C3(CCl)CC3)cc2C(F)(F)F)cc1C(=O)OC. The number of amides is 2. The summed E-state index contributed by atoms with van der Waals surface area (Å²) in [6, 6.07) is 3.73. The van der Waals surface area contributed by atoms with Gasteiger partial charge in [0.1, 0.15) is 11.1 Å². The number of aromatic nitrogens is 2. The minimum absolute atomic E-state index is 0.00180. The fourth-order valence-electron chi connectivity index (χ4n) is 11.6. The summed E-state index contributed by atoms with van der Waals surface area (Å²) in [7, 11) is 6.78. The van der Waals surface area contributed by atoms with Crippen molar-refractivity contribution in [3.05, 3.63) is 93.8 Å². The van der Waals surface area contributed by atoms with Crippen LogP contribution in [0.3, 0.4) is 0 Å². The predicted molar refractivity (Wildman–Crippen MR) is 305 cm³/mol. The largest absolute Gasteiger partial charge is 0.478 e. The molecule has 478 valence electrons. The number of alkyl halides is 7. The molecule has 87 heavy (non-hydrogen) atoms. The number of esters is 1. The average molecular weight is 1260 g/mol. The van der Waals surface area contributed by atoms with Gasteiger partial charge in [-0.15, -0.1) is 11.6 Å². The summed E-state index contributed by atoms with van der Waals surface area (Å²) in [5.41, 5.74) is -3.85. The van der Waals surface area contributed by atoms with Gasteiger partial charge >= 0.3 is 24.3 Å². The van der Waals surface area contributed by atoms with E-state index in [-0.39, 0.29) is 60.6 Å². The fraction of sp³-hybridized carbons (Fsp3) is 0.581. The van der Waals surface area contributed by atoms with Crippen LogP contribution in [0.25, 0.3) is 0 Å². The van der Waals surface area contributed by atoms with Gasteiger partial charge in [-0.3, -0.25) is 9.59 Å². The van der Waals surface area contributed by atoms with Crippen LogP contribution in [0.1, 0.15) is 147 Å². The Kier molecular flexibility index (Phi) is 22.7. The highest BCUT2D eigenvalue weighted by Crippen LogP contribution is 2.53. The Morgan fingerprint density at radius 2 is 0.966 bits per heavy atom. The van der Waals surface area contributed by atoms with Crippen molar-refractivity contribution in [1.82, 2.24) is 9.97 Å². The number of methoxy groups -OCH3 is 5. The summed E-state index contributed by atoms with van der Waals surface area (Å²) in [4.78, 5) is 63.7. The Labute approximate surface area is 505 Å². The molecule has 0 unspecified atom stereocenters. The highest BCUT2D eigenvalue weighted by Gasteiger charge is 2.48. The van der Waals surface area contributed by atoms with Gasteiger partial charge < -0.3 is 48.1 Å². The van der Waals surface area contributed by atoms with Crippen LogP contribution in [-0.2, 0) is 56.5 Å². The number of aromatic carboxylic acids is 1. The number of nitrogens with zero attached hydrogens (tertiary/aromatic N) is 4. The lowest BCUT2D eigenvalue weighted by Crippen LogP contribution is -2.49. The monoisotopic (exact) mass is 1250 g/mol. The van der Waals surface area contributed by atoms with Gasteiger partial charge in [0.15, 0.2) is 23.1 Å². The van der Waals surface area contributed by atoms with E-state index in [1.165, 1.54) is 50.6 Å². The standard InChI is InChI=1S/C31H37ClF4N2O6.C31H38F4N2O6/c1-18-5-7-19(8-6-18)28(39)38(21(15-41-2)16-42-3)25-13-24(33)26(12-22(25)29(40)43-4)44-27-23(31(34,35)36)11-20(14-37-27)30(17-32)9-10-30;1-5-30(10-11-30)20-12-23(31(33,34)35)27(36-15-20)43-26-13-22(29(39)40)25(14-24(26)32)37(21(16-41-3)17-42-4)28(38)19-8-6-18(2)7-9-19/h11-14,18-19,21H,5-10,15-17H2,1-4H3;12-15,18-19,21H,5-11,16-17H2,1-4H3,(H,39,40). The highest BCUT2D eigenvalue weighted by atomic mass is 35.5. The Bertz CT molecular complexity index is 3060. The van der Waals surface area contributed by atoms with Crippen molar-refractivity contribution in [1.29, 1.82) is 0 Å². The summed E-state index contributed by atoms with van der Waals surface area (Å²) < 4.78 is 153. The highest BCUT2D eigenvalue weighted by molar-refractivity contribution is 6.19. The topological polar surface area (TPSA) is 185 Å². The third-order valence-electron chi connectivity index (χ3n) is 17.2. The molecule has 0 saturated heterocycles. The molecule has 4 aliphatic carbocycles. The summed E-state index contributed by atoms with van der Waals surface area (Å²) in [6.45, 7) is 6.01. The second kappa shape index (κ2) is 29.0. The van der Waals surface area contributed by atoms with Crippen molar-refractivity contribution in [3.63, 3.8) is 0 Å². The maximum Gasteiger partial charge on any atom is 0.421 e. The Morgan fingerprint density at radius 1 is 0.598 bits per heavy atom. The number of hydrogen-bond donors (Lipinski definition) is 1. The number of hydrogen-bond acceptors (Lipinski definition) is 13. The first-order valence-electron chi connectivity index (χ1n) is 28.9. The van der Waals surface area contributed by atoms with Crippen LogP contribution in [0.15, 0.2) is 48.8 Å². The molecular weight excluding hydrogens is 1180 g/mol. The summed E-state index contributed by atoms with van der Waals surface area (Å²) in [5, 5.41) is 10.1. The maximum absolute atomic E-state index is 15.8. The van der Waals surface area contributed by atoms with Crippen molar-refractivity contribution in [2.75, 3.05) is 77.7 Å². The molecule has 25 heteroatoms. The fourth-order valence-corrected chi connectivity index (χ4v) is 12.0. The van der Waals surface area contributed by atoms with Crippen molar-refractivity contribution in [2.45, 2.75) is 140 Å². The van der Waals surface area contributed by atoms with E-state index in [0.29, 0.717) is 67.9 Å². The van der Waals surface area contributed by atoms with E-state index in [0.717, 1.165) is 82.0 Å². The molecule has 4 aromatic rings. The average Bonchev–Trinajstić information content (AvgIpc) is 1.84. The van der Waals surface area contributed by atoms with Crippen LogP contribution in [0.5, 0.6) is 23.3 Å². The van der Waals surface area contributed by atoms with Crippen LogP contribution in [0, 0.1) is 35.3 Å². The first-order valence-corrected chi connectivity index (χ1v) is 29.4. The van der Waals surface area contributed by atoms with Gasteiger partial charge in [0.25, 0.3) is 0 Å². The molecule has 0 bridgehead atoms. The summed E-state index contributed by atoms with van der Waals surface area (Å²) in [5.74, 6) is -8.56. The van der Waals surface area contributed by atoms with Crippen LogP contribution in [-0.4, -0.2) is 119 Å². The number of carboxylic acid groups (broad SMARTS) is 1. The second-order valence-electron chi connectivity index (χ2n) is 23.3. The normalized spacial score (nSPS) is 19.6. The van der Waals surface area contributed by atoms with Crippen LogP contribution < -0.4 is 19.3 Å². The molecule has 0 atom stereocenters. The summed E-state index contributed by atoms with van der Waals surface area (Å²) >= 11 is 6.01. The Morgan fingerprint density at radius 3 is 1.29 bits per heavy atom. The molecule has 0 aliphatic heterocycles. The lowest BCUT2D eigenvalue weighted by molar-refractivity contribution is -0.139. The molecule has 4 saturated carbocycles. The molecule has 2 heterocycles. The van der Waals surface area contributed by atoms with Crippen LogP contribution >= 0.6 is 11.6 Å². The molecule has 1 N–H and O–H groups in total. The molecule has 0 radical (unpaired) electrons. The molecule has 8 rings (SSSR count). The first-order chi connectivity index (χ1) is 41.2. The van der Waals surface area contributed by atoms with E-state index in [1.54, 1.807) is 0 Å². The van der Waals surface area contributed by atoms with E-state index < -0.39 is 111 Å². The molecule has 2 aromatic heterocycles. The van der Waals surface area contributed by atoms with Crippen molar-refractivity contribution >= 4 is 46.7 Å². The lowest BCUT2D eigenvalue weighted by atomic mass is 9.82. The molecule has 4 aliphatic rings. The summed E-state index contributed by atoms with van der Waals surface area (Å²) in [6.07, 6.45) is 1.79. The lowest BCUT2D eigenvalue weighted by Gasteiger charge is -2.36. The molecule has 4 fully saturated rings. The number of pyridine rings is 2. The van der Waals surface area contributed by atoms with Gasteiger partial charge in [-0.2, -0.15) is 26.3 Å². The third kappa shape index (κ3) is 16.0. The molecule has 2 aromatic carbocycles. The van der Waals surface area contributed by atoms with E-state index in [2.05, 4.69) is 23.8 Å². The number of carboxylic acids is 1. The Balaban J connectivity index is 0.000000249. The van der Waals surface area contributed by atoms with E-state index in [1.807, 2.05) is 6.92 Å². The molecule has 2 amide bonds. The molecule has 0 spiro atoms. The van der Waals surface area contributed by atoms with Crippen LogP contribution in [0.4, 0.5) is 46.5 Å². The van der Waals surface area contributed by atoms with Crippen LogP contribution in [0.2, 0.25) is 0 Å². The maximum atomic E-state index is 15.8. The van der Waals surface area contributed by atoms with E-state index in [4.69, 9.17) is 44.8 Å². The van der Waals surface area contributed by atoms with Gasteiger partial charge in [0.2, 0.25) is 23.6 Å². The van der Waals surface area contributed by atoms with Gasteiger partial charge in [-0.25, -0.2) is 28.3 Å². The third-order valence-corrected chi connectivity index (χ3v) is 17.7. The zero-order valence-electron chi connectivity index (χ0n) is 49.9. The van der Waals surface area contributed by atoms with Gasteiger partial charge in [-0.05, 0) is 124 Å². The number of ether oxygens (including phenoxy) is 7. The van der Waals surface area contributed by atoms with E-state index >= 15 is 8.78 Å². The molecule has 16 nitrogen and oxygen atoms in total. The number of anilines is 2. The number of carbonyl (C=O) groups is 4. The second-order valence-corrected chi connectivity index (χ2v) is 23.5. The Hall–Kier alpha value is -6.21. The number of carbonyl (C=O) groups excluding carboxylic acids is 3. The predicted octanol–water partition coefficient (Wildman–Crippen LogP) is 13.9. The minimum Gasteiger partial charge on any atom is -0.478 e. The van der Waals surface area contributed by atoms with Crippen molar-refractivity contribution < 1.29 is 92.6 Å². The zero-order valence-corrected chi connectivity index (χ0v) is 50.7. The van der Waals surface area contributed by atoms with E-state index in [9.17, 15) is 50.6 Å². The number of halogens is 9. The van der Waals surface area contributed by atoms with Gasteiger partial charge in [0.05, 0.1) is 68.1 Å². The van der Waals surface area contributed by atoms with Crippen molar-refractivity contribution in [3.8, 4) is 23.3 Å². The number of rotatable bonds is 24.